The first kappa shape index (κ1) is 14.9. The van der Waals surface area contributed by atoms with Crippen molar-refractivity contribution in [3.05, 3.63) is 43.6 Å². The van der Waals surface area contributed by atoms with Crippen molar-refractivity contribution in [2.45, 2.75) is 19.8 Å². The van der Waals surface area contributed by atoms with E-state index >= 15 is 0 Å². The lowest BCUT2D eigenvalue weighted by atomic mass is 10.2. The largest absolute Gasteiger partial charge is 0.338 e. The topological polar surface area (TPSA) is 37.8 Å². The highest BCUT2D eigenvalue weighted by molar-refractivity contribution is 9.11. The van der Waals surface area contributed by atoms with Crippen LogP contribution in [0.5, 0.6) is 0 Å². The molecule has 6 heteroatoms. The number of benzene rings is 1. The minimum absolute atomic E-state index is 0.278. The van der Waals surface area contributed by atoms with Crippen molar-refractivity contribution >= 4 is 59.3 Å². The zero-order valence-corrected chi connectivity index (χ0v) is 15.2. The Morgan fingerprint density at radius 2 is 1.68 bits per heavy atom. The molecule has 1 aromatic carbocycles. The number of hydrogen-bond acceptors (Lipinski definition) is 3. The molecule has 0 aliphatic rings. The van der Waals surface area contributed by atoms with Crippen LogP contribution < -0.4 is 5.32 Å². The van der Waals surface area contributed by atoms with Gasteiger partial charge in [-0.3, -0.25) is 0 Å². The Bertz CT molecular complexity index is 579. The monoisotopic (exact) mass is 447 g/mol. The summed E-state index contributed by atoms with van der Waals surface area (Å²) in [4.78, 5) is 8.88. The van der Waals surface area contributed by atoms with Gasteiger partial charge in [-0.25, -0.2) is 9.97 Å². The molecule has 3 nitrogen and oxygen atoms in total. The summed E-state index contributed by atoms with van der Waals surface area (Å²) in [6.45, 7) is 4.14. The smallest absolute Gasteiger partial charge is 0.135 e. The van der Waals surface area contributed by atoms with Crippen LogP contribution in [0.1, 0.15) is 25.6 Å². The zero-order valence-electron chi connectivity index (χ0n) is 10.4. The molecule has 1 aromatic heterocycles. The van der Waals surface area contributed by atoms with Crippen LogP contribution in [0.3, 0.4) is 0 Å². The third-order valence-corrected chi connectivity index (χ3v) is 4.17. The molecule has 0 spiro atoms. The average Bonchev–Trinajstić information content (AvgIpc) is 2.33. The molecule has 0 aliphatic carbocycles. The summed E-state index contributed by atoms with van der Waals surface area (Å²) >= 11 is 10.5. The Morgan fingerprint density at radius 1 is 1.05 bits per heavy atom. The zero-order chi connectivity index (χ0) is 14.0. The van der Waals surface area contributed by atoms with Crippen molar-refractivity contribution in [1.82, 2.24) is 9.97 Å². The Morgan fingerprint density at radius 3 is 2.26 bits per heavy atom. The number of rotatable bonds is 3. The lowest BCUT2D eigenvalue weighted by molar-refractivity contribution is 0.771. The number of nitrogens with one attached hydrogen (secondary N) is 1. The van der Waals surface area contributed by atoms with Crippen molar-refractivity contribution in [1.29, 1.82) is 0 Å². The van der Waals surface area contributed by atoms with Gasteiger partial charge in [0.2, 0.25) is 0 Å². The molecular weight excluding hydrogens is 438 g/mol. The van der Waals surface area contributed by atoms with E-state index < -0.39 is 0 Å². The number of para-hydroxylation sites is 1. The first-order valence-corrected chi connectivity index (χ1v) is 8.11. The molecule has 0 bridgehead atoms. The van der Waals surface area contributed by atoms with Crippen molar-refractivity contribution in [2.75, 3.05) is 5.32 Å². The van der Waals surface area contributed by atoms with Crippen molar-refractivity contribution in [2.24, 2.45) is 0 Å². The van der Waals surface area contributed by atoms with Gasteiger partial charge in [0, 0.05) is 20.9 Å². The highest BCUT2D eigenvalue weighted by atomic mass is 79.9. The SMILES string of the molecule is CC(C)c1nc(Br)cc(Nc2c(Br)cccc2Br)n1. The molecule has 0 radical (unpaired) electrons. The predicted molar refractivity (Wildman–Crippen MR) is 88.9 cm³/mol. The predicted octanol–water partition coefficient (Wildman–Crippen LogP) is 5.63. The fraction of sp³-hybridized carbons (Fsp3) is 0.231. The van der Waals surface area contributed by atoms with Crippen LogP contribution in [0.4, 0.5) is 11.5 Å². The van der Waals surface area contributed by atoms with Crippen LogP contribution in [0.15, 0.2) is 37.8 Å². The second-order valence-corrected chi connectivity index (χ2v) is 6.83. The molecule has 2 rings (SSSR count). The normalized spacial score (nSPS) is 10.8. The summed E-state index contributed by atoms with van der Waals surface area (Å²) in [6, 6.07) is 7.78. The van der Waals surface area contributed by atoms with Crippen LogP contribution in [0.2, 0.25) is 0 Å². The molecule has 0 fully saturated rings. The minimum Gasteiger partial charge on any atom is -0.338 e. The molecular formula is C13H12Br3N3. The number of anilines is 2. The van der Waals surface area contributed by atoms with Gasteiger partial charge in [-0.05, 0) is 59.9 Å². The lowest BCUT2D eigenvalue weighted by Crippen LogP contribution is -2.02. The van der Waals surface area contributed by atoms with Gasteiger partial charge in [-0.15, -0.1) is 0 Å². The first-order valence-electron chi connectivity index (χ1n) is 5.73. The van der Waals surface area contributed by atoms with E-state index in [0.717, 1.165) is 30.9 Å². The maximum absolute atomic E-state index is 4.52. The molecule has 0 aliphatic heterocycles. The third kappa shape index (κ3) is 3.77. The second-order valence-electron chi connectivity index (χ2n) is 4.31. The lowest BCUT2D eigenvalue weighted by Gasteiger charge is -2.12. The van der Waals surface area contributed by atoms with Crippen molar-refractivity contribution < 1.29 is 0 Å². The highest BCUT2D eigenvalue weighted by Crippen LogP contribution is 2.33. The van der Waals surface area contributed by atoms with Gasteiger partial charge < -0.3 is 5.32 Å². The minimum atomic E-state index is 0.278. The van der Waals surface area contributed by atoms with E-state index in [9.17, 15) is 0 Å². The van der Waals surface area contributed by atoms with Gasteiger partial charge in [-0.2, -0.15) is 0 Å². The van der Waals surface area contributed by atoms with Gasteiger partial charge >= 0.3 is 0 Å². The van der Waals surface area contributed by atoms with Crippen LogP contribution >= 0.6 is 47.8 Å². The molecule has 0 saturated carbocycles. The Balaban J connectivity index is 2.38. The summed E-state index contributed by atoms with van der Waals surface area (Å²) in [7, 11) is 0. The van der Waals surface area contributed by atoms with Crippen molar-refractivity contribution in [3.63, 3.8) is 0 Å². The second kappa shape index (κ2) is 6.33. The van der Waals surface area contributed by atoms with Crippen LogP contribution in [0.25, 0.3) is 0 Å². The Labute approximate surface area is 137 Å². The maximum atomic E-state index is 4.52. The number of halogens is 3. The van der Waals surface area contributed by atoms with Gasteiger partial charge in [-0.1, -0.05) is 19.9 Å². The average molecular weight is 450 g/mol. The molecule has 1 N–H and O–H groups in total. The molecule has 0 atom stereocenters. The van der Waals surface area contributed by atoms with Gasteiger partial charge in [0.25, 0.3) is 0 Å². The number of aromatic nitrogens is 2. The fourth-order valence-electron chi connectivity index (χ4n) is 1.50. The first-order chi connectivity index (χ1) is 8.97. The number of hydrogen-bond donors (Lipinski definition) is 1. The molecule has 2 aromatic rings. The van der Waals surface area contributed by atoms with E-state index in [1.807, 2.05) is 24.3 Å². The van der Waals surface area contributed by atoms with Gasteiger partial charge in [0.05, 0.1) is 5.69 Å². The fourth-order valence-corrected chi connectivity index (χ4v) is 3.10. The van der Waals surface area contributed by atoms with Crippen LogP contribution in [-0.4, -0.2) is 9.97 Å². The molecule has 0 unspecified atom stereocenters. The van der Waals surface area contributed by atoms with E-state index in [1.54, 1.807) is 0 Å². The molecule has 1 heterocycles. The molecule has 100 valence electrons. The highest BCUT2D eigenvalue weighted by Gasteiger charge is 2.10. The summed E-state index contributed by atoms with van der Waals surface area (Å²) in [5.74, 6) is 1.85. The summed E-state index contributed by atoms with van der Waals surface area (Å²) in [5.41, 5.74) is 0.947. The van der Waals surface area contributed by atoms with Crippen LogP contribution in [-0.2, 0) is 0 Å². The number of nitrogens with zero attached hydrogens (tertiary/aromatic N) is 2. The van der Waals surface area contributed by atoms with Gasteiger partial charge in [0.15, 0.2) is 0 Å². The molecule has 0 amide bonds. The van der Waals surface area contributed by atoms with Crippen molar-refractivity contribution in [3.8, 4) is 0 Å². The van der Waals surface area contributed by atoms with E-state index in [1.165, 1.54) is 0 Å². The van der Waals surface area contributed by atoms with E-state index in [2.05, 4.69) is 76.9 Å². The summed E-state index contributed by atoms with van der Waals surface area (Å²) in [5, 5.41) is 3.30. The standard InChI is InChI=1S/C13H12Br3N3/c1-7(2)13-17-10(16)6-11(19-13)18-12-8(14)4-3-5-9(12)15/h3-7H,1-2H3,(H,17,18,19). The summed E-state index contributed by atoms with van der Waals surface area (Å²) < 4.78 is 2.72. The van der Waals surface area contributed by atoms with E-state index in [-0.39, 0.29) is 5.92 Å². The maximum Gasteiger partial charge on any atom is 0.135 e. The van der Waals surface area contributed by atoms with E-state index in [0.29, 0.717) is 0 Å². The Hall–Kier alpha value is -0.460. The molecule has 0 saturated heterocycles. The quantitative estimate of drug-likeness (QED) is 0.617. The Kier molecular flexibility index (Phi) is 4.97. The molecule has 19 heavy (non-hydrogen) atoms. The summed E-state index contributed by atoms with van der Waals surface area (Å²) in [6.07, 6.45) is 0. The van der Waals surface area contributed by atoms with Crippen LogP contribution in [0, 0.1) is 0 Å². The third-order valence-electron chi connectivity index (χ3n) is 2.44. The van der Waals surface area contributed by atoms with Gasteiger partial charge in [0.1, 0.15) is 16.2 Å². The van der Waals surface area contributed by atoms with E-state index in [4.69, 9.17) is 0 Å².